The van der Waals surface area contributed by atoms with E-state index in [1.165, 1.54) is 38.5 Å². The molecule has 0 aromatic carbocycles. The molecule has 0 aliphatic heterocycles. The molecule has 0 saturated carbocycles. The van der Waals surface area contributed by atoms with Gasteiger partial charge >= 0.3 is 11.9 Å². The van der Waals surface area contributed by atoms with Crippen LogP contribution in [0.5, 0.6) is 0 Å². The maximum absolute atomic E-state index is 11.1. The molecule has 0 atom stereocenters. The van der Waals surface area contributed by atoms with Crippen molar-refractivity contribution >= 4 is 11.9 Å². The zero-order valence-electron chi connectivity index (χ0n) is 25.1. The monoisotopic (exact) mass is 553 g/mol. The molecule has 0 aromatic rings. The van der Waals surface area contributed by atoms with E-state index in [-0.39, 0.29) is 26.8 Å². The lowest BCUT2D eigenvalue weighted by Gasteiger charge is -2.03. The van der Waals surface area contributed by atoms with E-state index >= 15 is 0 Å². The smallest absolute Gasteiger partial charge is 0.305 e. The summed E-state index contributed by atoms with van der Waals surface area (Å²) in [5, 5.41) is 16.4. The highest BCUT2D eigenvalue weighted by atomic mass is 16.5. The molecule has 0 saturated heterocycles. The first-order valence-corrected chi connectivity index (χ1v) is 15.0. The largest absolute Gasteiger partial charge is 0.466 e. The number of rotatable bonds is 20. The molecule has 236 valence electrons. The SMILES string of the molecule is C.C.CCCCCCO.CCCCCCOC(=O)CCCCC.CCCCO.CCCCOC(=O)CCC. The molecule has 0 heterocycles. The van der Waals surface area contributed by atoms with Crippen molar-refractivity contribution in [3.05, 3.63) is 0 Å². The molecule has 0 aliphatic carbocycles. The molecule has 0 fully saturated rings. The quantitative estimate of drug-likeness (QED) is 0.115. The number of esters is 2. The van der Waals surface area contributed by atoms with Gasteiger partial charge in [0.15, 0.2) is 0 Å². The second kappa shape index (κ2) is 52.3. The van der Waals surface area contributed by atoms with Gasteiger partial charge in [0.05, 0.1) is 13.2 Å². The number of hydrogen-bond donors (Lipinski definition) is 2. The first-order chi connectivity index (χ1) is 17.4. The van der Waals surface area contributed by atoms with Crippen molar-refractivity contribution in [2.45, 2.75) is 172 Å². The standard InChI is InChI=1S/C12H24O2.C8H16O2.C6H14O.C4H10O.2CH4/c1-3-5-7-9-11-14-12(13)10-8-6-4-2;1-3-5-7-10-8(9)6-4-2;1-2-3-4-5-6-7;1-2-3-4-5;;/h3-11H2,1-2H3;3-7H2,1-2H3;7H,2-6H2,1H3;5H,2-4H2,1H3;2*1H4. The van der Waals surface area contributed by atoms with Gasteiger partial charge in [0.2, 0.25) is 0 Å². The minimum atomic E-state index is -0.0593. The Labute approximate surface area is 239 Å². The van der Waals surface area contributed by atoms with E-state index in [1.807, 2.05) is 6.92 Å². The number of hydrogen-bond acceptors (Lipinski definition) is 6. The minimum absolute atomic E-state index is 0. The van der Waals surface area contributed by atoms with E-state index in [0.717, 1.165) is 64.2 Å². The highest BCUT2D eigenvalue weighted by molar-refractivity contribution is 5.69. The number of aliphatic hydroxyl groups excluding tert-OH is 2. The van der Waals surface area contributed by atoms with E-state index in [4.69, 9.17) is 19.7 Å². The number of ether oxygens (including phenoxy) is 2. The Morgan fingerprint density at radius 3 is 1.24 bits per heavy atom. The molecule has 0 radical (unpaired) electrons. The van der Waals surface area contributed by atoms with Crippen LogP contribution in [0, 0.1) is 0 Å². The summed E-state index contributed by atoms with van der Waals surface area (Å²) in [7, 11) is 0. The lowest BCUT2D eigenvalue weighted by atomic mass is 10.2. The first kappa shape index (κ1) is 49.8. The molecular formula is C32H72O6. The highest BCUT2D eigenvalue weighted by Gasteiger charge is 2.01. The fourth-order valence-corrected chi connectivity index (χ4v) is 2.61. The Balaban J connectivity index is -0.0000000942. The van der Waals surface area contributed by atoms with Crippen molar-refractivity contribution in [3.63, 3.8) is 0 Å². The second-order valence-corrected chi connectivity index (χ2v) is 8.92. The maximum Gasteiger partial charge on any atom is 0.305 e. The van der Waals surface area contributed by atoms with Gasteiger partial charge in [-0.15, -0.1) is 0 Å². The van der Waals surface area contributed by atoms with Crippen molar-refractivity contribution in [2.24, 2.45) is 0 Å². The topological polar surface area (TPSA) is 93.1 Å². The number of aliphatic hydroxyl groups is 2. The Hall–Kier alpha value is -1.14. The zero-order chi connectivity index (χ0) is 28.1. The summed E-state index contributed by atoms with van der Waals surface area (Å²) in [6.45, 7) is 14.5. The Bertz CT molecular complexity index is 382. The van der Waals surface area contributed by atoms with Gasteiger partial charge in [0.25, 0.3) is 0 Å². The van der Waals surface area contributed by atoms with Crippen LogP contribution in [0.1, 0.15) is 172 Å². The molecule has 0 spiro atoms. The van der Waals surface area contributed by atoms with Gasteiger partial charge in [0, 0.05) is 26.1 Å². The summed E-state index contributed by atoms with van der Waals surface area (Å²) in [6, 6.07) is 0. The third kappa shape index (κ3) is 64.7. The molecule has 0 bridgehead atoms. The molecule has 0 unspecified atom stereocenters. The lowest BCUT2D eigenvalue weighted by molar-refractivity contribution is -0.144. The minimum Gasteiger partial charge on any atom is -0.466 e. The molecule has 0 rings (SSSR count). The van der Waals surface area contributed by atoms with Crippen LogP contribution in [-0.4, -0.2) is 48.6 Å². The normalized spacial score (nSPS) is 9.05. The van der Waals surface area contributed by atoms with Crippen LogP contribution in [-0.2, 0) is 19.1 Å². The third-order valence-corrected chi connectivity index (χ3v) is 4.98. The van der Waals surface area contributed by atoms with Crippen LogP contribution in [0.2, 0.25) is 0 Å². The zero-order valence-corrected chi connectivity index (χ0v) is 25.1. The van der Waals surface area contributed by atoms with E-state index in [0.29, 0.717) is 39.3 Å². The van der Waals surface area contributed by atoms with Crippen molar-refractivity contribution in [3.8, 4) is 0 Å². The Kier molecular flexibility index (Phi) is 68.5. The van der Waals surface area contributed by atoms with Crippen molar-refractivity contribution in [2.75, 3.05) is 26.4 Å². The van der Waals surface area contributed by atoms with Gasteiger partial charge in [-0.25, -0.2) is 0 Å². The summed E-state index contributed by atoms with van der Waals surface area (Å²) < 4.78 is 9.98. The molecule has 6 heteroatoms. The van der Waals surface area contributed by atoms with Gasteiger partial charge in [-0.05, 0) is 38.5 Å². The predicted molar refractivity (Wildman–Crippen MR) is 167 cm³/mol. The first-order valence-electron chi connectivity index (χ1n) is 15.0. The van der Waals surface area contributed by atoms with Crippen LogP contribution >= 0.6 is 0 Å². The van der Waals surface area contributed by atoms with Crippen LogP contribution in [0.15, 0.2) is 0 Å². The van der Waals surface area contributed by atoms with Crippen LogP contribution < -0.4 is 0 Å². The summed E-state index contributed by atoms with van der Waals surface area (Å²) in [5.74, 6) is -0.0779. The molecule has 6 nitrogen and oxygen atoms in total. The van der Waals surface area contributed by atoms with Gasteiger partial charge in [-0.3, -0.25) is 9.59 Å². The third-order valence-electron chi connectivity index (χ3n) is 4.98. The van der Waals surface area contributed by atoms with E-state index < -0.39 is 0 Å². The lowest BCUT2D eigenvalue weighted by Crippen LogP contribution is -2.05. The van der Waals surface area contributed by atoms with E-state index in [2.05, 4.69) is 34.6 Å². The molecule has 2 N–H and O–H groups in total. The summed E-state index contributed by atoms with van der Waals surface area (Å²) in [5.41, 5.74) is 0. The maximum atomic E-state index is 11.1. The predicted octanol–water partition coefficient (Wildman–Crippen LogP) is 9.43. The van der Waals surface area contributed by atoms with Crippen LogP contribution in [0.4, 0.5) is 0 Å². The van der Waals surface area contributed by atoms with Gasteiger partial charge in [-0.1, -0.05) is 121 Å². The summed E-state index contributed by atoms with van der Waals surface area (Å²) >= 11 is 0. The number of carbonyl (C=O) groups excluding carboxylic acids is 2. The molecule has 0 aliphatic rings. The van der Waals surface area contributed by atoms with Crippen LogP contribution in [0.3, 0.4) is 0 Å². The Morgan fingerprint density at radius 1 is 0.447 bits per heavy atom. The molecular weight excluding hydrogens is 480 g/mol. The second-order valence-electron chi connectivity index (χ2n) is 8.92. The average molecular weight is 553 g/mol. The summed E-state index contributed by atoms with van der Waals surface area (Å²) in [4.78, 5) is 21.8. The van der Waals surface area contributed by atoms with E-state index in [9.17, 15) is 9.59 Å². The average Bonchev–Trinajstić information content (AvgIpc) is 2.86. The van der Waals surface area contributed by atoms with Gasteiger partial charge in [0.1, 0.15) is 0 Å². The van der Waals surface area contributed by atoms with Gasteiger partial charge in [-0.2, -0.15) is 0 Å². The Morgan fingerprint density at radius 2 is 0.842 bits per heavy atom. The number of carbonyl (C=O) groups is 2. The molecule has 38 heavy (non-hydrogen) atoms. The van der Waals surface area contributed by atoms with Crippen LogP contribution in [0.25, 0.3) is 0 Å². The van der Waals surface area contributed by atoms with Crippen molar-refractivity contribution < 1.29 is 29.3 Å². The summed E-state index contributed by atoms with van der Waals surface area (Å²) in [6.07, 6.45) is 18.8. The molecule has 0 aromatic heterocycles. The van der Waals surface area contributed by atoms with Crippen molar-refractivity contribution in [1.29, 1.82) is 0 Å². The van der Waals surface area contributed by atoms with Crippen molar-refractivity contribution in [1.82, 2.24) is 0 Å². The van der Waals surface area contributed by atoms with E-state index in [1.54, 1.807) is 0 Å². The fraction of sp³-hybridized carbons (Fsp3) is 0.938. The fourth-order valence-electron chi connectivity index (χ4n) is 2.61. The number of unbranched alkanes of at least 4 members (excludes halogenated alkanes) is 10. The van der Waals surface area contributed by atoms with Gasteiger partial charge < -0.3 is 19.7 Å². The highest BCUT2D eigenvalue weighted by Crippen LogP contribution is 2.03. The molecule has 0 amide bonds.